The summed E-state index contributed by atoms with van der Waals surface area (Å²) in [4.78, 5) is 2.45. The summed E-state index contributed by atoms with van der Waals surface area (Å²) < 4.78 is 2.46. The Kier molecular flexibility index (Phi) is 7.53. The van der Waals surface area contributed by atoms with Gasteiger partial charge in [0.15, 0.2) is 0 Å². The van der Waals surface area contributed by atoms with Crippen LogP contribution in [0.3, 0.4) is 0 Å². The number of rotatable bonds is 6. The first-order chi connectivity index (χ1) is 27.8. The Labute approximate surface area is 325 Å². The van der Waals surface area contributed by atoms with Crippen molar-refractivity contribution in [2.75, 3.05) is 4.90 Å². The zero-order valence-electron chi connectivity index (χ0n) is 30.7. The van der Waals surface area contributed by atoms with Gasteiger partial charge >= 0.3 is 0 Å². The highest BCUT2D eigenvalue weighted by atomic mass is 15.1. The smallest absolute Gasteiger partial charge is 0.0562 e. The lowest BCUT2D eigenvalue weighted by Crippen LogP contribution is -2.11. The van der Waals surface area contributed by atoms with E-state index >= 15 is 0 Å². The van der Waals surface area contributed by atoms with Gasteiger partial charge in [-0.25, -0.2) is 0 Å². The zero-order valence-corrected chi connectivity index (χ0v) is 30.7. The molecule has 0 amide bonds. The van der Waals surface area contributed by atoms with Crippen molar-refractivity contribution in [1.29, 1.82) is 0 Å². The largest absolute Gasteiger partial charge is 0.309 e. The summed E-state index contributed by atoms with van der Waals surface area (Å²) in [5.74, 6) is 0. The molecule has 11 rings (SSSR count). The molecule has 0 saturated heterocycles. The minimum absolute atomic E-state index is 1.10. The van der Waals surface area contributed by atoms with Crippen LogP contribution in [0.2, 0.25) is 0 Å². The number of anilines is 3. The van der Waals surface area contributed by atoms with Gasteiger partial charge in [0.25, 0.3) is 0 Å². The third-order valence-electron chi connectivity index (χ3n) is 11.4. The lowest BCUT2D eigenvalue weighted by molar-refractivity contribution is 1.18. The number of nitrogens with zero attached hydrogens (tertiary/aromatic N) is 2. The fraction of sp³-hybridized carbons (Fsp3) is 0. The highest BCUT2D eigenvalue weighted by Crippen LogP contribution is 2.47. The topological polar surface area (TPSA) is 8.17 Å². The van der Waals surface area contributed by atoms with E-state index in [9.17, 15) is 0 Å². The Morgan fingerprint density at radius 2 is 0.804 bits per heavy atom. The molecule has 0 unspecified atom stereocenters. The molecule has 0 bridgehead atoms. The zero-order chi connectivity index (χ0) is 37.0. The van der Waals surface area contributed by atoms with Crippen molar-refractivity contribution >= 4 is 71.2 Å². The maximum atomic E-state index is 2.46. The van der Waals surface area contributed by atoms with Gasteiger partial charge in [-0.15, -0.1) is 0 Å². The molecule has 11 aromatic rings. The van der Waals surface area contributed by atoms with Gasteiger partial charge in [0.1, 0.15) is 0 Å². The molecular weight excluding hydrogens is 677 g/mol. The predicted molar refractivity (Wildman–Crippen MR) is 239 cm³/mol. The molecule has 10 aromatic carbocycles. The highest BCUT2D eigenvalue weighted by molar-refractivity contribution is 6.26. The third-order valence-corrected chi connectivity index (χ3v) is 11.4. The molecular formula is C54H36N2. The molecule has 0 radical (unpaired) electrons. The summed E-state index contributed by atoms with van der Waals surface area (Å²) in [7, 11) is 0. The van der Waals surface area contributed by atoms with Crippen LogP contribution >= 0.6 is 0 Å². The van der Waals surface area contributed by atoms with Crippen LogP contribution in [0, 0.1) is 0 Å². The van der Waals surface area contributed by atoms with Crippen LogP contribution in [0.1, 0.15) is 0 Å². The van der Waals surface area contributed by atoms with Crippen LogP contribution in [-0.4, -0.2) is 4.57 Å². The fourth-order valence-corrected chi connectivity index (χ4v) is 8.87. The van der Waals surface area contributed by atoms with E-state index in [1.165, 1.54) is 70.9 Å². The molecule has 0 aliphatic heterocycles. The van der Waals surface area contributed by atoms with Gasteiger partial charge in [-0.05, 0) is 97.5 Å². The molecule has 2 heteroatoms. The summed E-state index contributed by atoms with van der Waals surface area (Å²) in [6.07, 6.45) is 0. The molecule has 0 fully saturated rings. The summed E-state index contributed by atoms with van der Waals surface area (Å²) in [5.41, 5.74) is 11.6. The van der Waals surface area contributed by atoms with E-state index in [1.807, 2.05) is 0 Å². The van der Waals surface area contributed by atoms with Gasteiger partial charge in [0, 0.05) is 27.7 Å². The number of hydrogen-bond donors (Lipinski definition) is 0. The van der Waals surface area contributed by atoms with E-state index in [0.717, 1.165) is 28.3 Å². The minimum Gasteiger partial charge on any atom is -0.309 e. The van der Waals surface area contributed by atoms with Gasteiger partial charge in [-0.2, -0.15) is 0 Å². The molecule has 0 saturated carbocycles. The van der Waals surface area contributed by atoms with Gasteiger partial charge < -0.3 is 9.47 Å². The first-order valence-corrected chi connectivity index (χ1v) is 19.3. The lowest BCUT2D eigenvalue weighted by Gasteiger charge is -2.29. The monoisotopic (exact) mass is 712 g/mol. The average Bonchev–Trinajstić information content (AvgIpc) is 3.62. The molecule has 0 aliphatic rings. The lowest BCUT2D eigenvalue weighted by atomic mass is 9.94. The molecule has 1 heterocycles. The summed E-state index contributed by atoms with van der Waals surface area (Å²) >= 11 is 0. The molecule has 1 aromatic heterocycles. The van der Waals surface area contributed by atoms with Gasteiger partial charge in [0.05, 0.1) is 22.4 Å². The van der Waals surface area contributed by atoms with Crippen LogP contribution in [0.25, 0.3) is 82.1 Å². The van der Waals surface area contributed by atoms with Crippen molar-refractivity contribution in [1.82, 2.24) is 4.57 Å². The normalized spacial score (nSPS) is 11.6. The van der Waals surface area contributed by atoms with E-state index in [1.54, 1.807) is 0 Å². The highest BCUT2D eigenvalue weighted by Gasteiger charge is 2.23. The maximum Gasteiger partial charge on any atom is 0.0562 e. The van der Waals surface area contributed by atoms with Crippen molar-refractivity contribution in [3.63, 3.8) is 0 Å². The first kappa shape index (κ1) is 32.0. The quantitative estimate of drug-likeness (QED) is 0.156. The van der Waals surface area contributed by atoms with E-state index in [-0.39, 0.29) is 0 Å². The van der Waals surface area contributed by atoms with Crippen molar-refractivity contribution < 1.29 is 0 Å². The third kappa shape index (κ3) is 5.11. The van der Waals surface area contributed by atoms with Gasteiger partial charge in [-0.1, -0.05) is 170 Å². The van der Waals surface area contributed by atoms with Crippen molar-refractivity contribution in [3.8, 4) is 27.9 Å². The van der Waals surface area contributed by atoms with Crippen LogP contribution in [0.15, 0.2) is 218 Å². The van der Waals surface area contributed by atoms with E-state index < -0.39 is 0 Å². The maximum absolute atomic E-state index is 2.46. The Hall–Kier alpha value is -7.42. The Bertz CT molecular complexity index is 3200. The van der Waals surface area contributed by atoms with E-state index in [0.29, 0.717) is 0 Å². The molecule has 0 N–H and O–H groups in total. The second-order valence-corrected chi connectivity index (χ2v) is 14.5. The van der Waals surface area contributed by atoms with Crippen LogP contribution in [0.5, 0.6) is 0 Å². The number of benzene rings is 10. The number of aromatic nitrogens is 1. The SMILES string of the molecule is c1ccc(-c2ccc(N(c3ccccc3-c3ccccc3)c3cccc4c3c3ccccc3n4-c3ccc4c5ccccc5c5ccccc5c4c3)cc2)cc1. The van der Waals surface area contributed by atoms with E-state index in [2.05, 4.69) is 228 Å². The number of fused-ring (bicyclic) bond motifs is 9. The second-order valence-electron chi connectivity index (χ2n) is 14.5. The van der Waals surface area contributed by atoms with Crippen LogP contribution in [-0.2, 0) is 0 Å². The van der Waals surface area contributed by atoms with Crippen molar-refractivity contribution in [3.05, 3.63) is 218 Å². The Morgan fingerprint density at radius 1 is 0.304 bits per heavy atom. The predicted octanol–water partition coefficient (Wildman–Crippen LogP) is 15.0. The average molecular weight is 713 g/mol. The second kappa shape index (κ2) is 13.2. The first-order valence-electron chi connectivity index (χ1n) is 19.3. The van der Waals surface area contributed by atoms with Gasteiger partial charge in [0.2, 0.25) is 0 Å². The molecule has 0 spiro atoms. The molecule has 262 valence electrons. The summed E-state index contributed by atoms with van der Waals surface area (Å²) in [6.45, 7) is 0. The van der Waals surface area contributed by atoms with Gasteiger partial charge in [-0.3, -0.25) is 0 Å². The number of para-hydroxylation sites is 2. The van der Waals surface area contributed by atoms with Crippen molar-refractivity contribution in [2.45, 2.75) is 0 Å². The Morgan fingerprint density at radius 3 is 1.50 bits per heavy atom. The molecule has 0 atom stereocenters. The standard InChI is InChI=1S/C54H36N2/c1-3-16-37(17-4-1)38-30-32-40(33-31-38)55(50-26-13-11-20-42(50)39-18-5-2-6-19-39)52-28-15-29-53-54(52)48-25-12-14-27-51(48)56(53)41-34-35-47-45-23-8-7-21-43(45)44-22-9-10-24-46(44)49(47)36-41/h1-36H. The summed E-state index contributed by atoms with van der Waals surface area (Å²) in [5, 5.41) is 10.1. The van der Waals surface area contributed by atoms with Crippen LogP contribution in [0.4, 0.5) is 17.1 Å². The fourth-order valence-electron chi connectivity index (χ4n) is 8.87. The van der Waals surface area contributed by atoms with Crippen LogP contribution < -0.4 is 4.90 Å². The summed E-state index contributed by atoms with van der Waals surface area (Å²) in [6, 6.07) is 79.4. The Balaban J connectivity index is 1.18. The van der Waals surface area contributed by atoms with Crippen molar-refractivity contribution in [2.24, 2.45) is 0 Å². The molecule has 2 nitrogen and oxygen atoms in total. The molecule has 56 heavy (non-hydrogen) atoms. The number of hydrogen-bond acceptors (Lipinski definition) is 1. The van der Waals surface area contributed by atoms with E-state index in [4.69, 9.17) is 0 Å². The minimum atomic E-state index is 1.10. The molecule has 0 aliphatic carbocycles.